The van der Waals surface area contributed by atoms with Crippen molar-refractivity contribution < 1.29 is 13.9 Å². The van der Waals surface area contributed by atoms with E-state index in [1.54, 1.807) is 67.9 Å². The van der Waals surface area contributed by atoms with Crippen LogP contribution in [0.5, 0.6) is 5.75 Å². The Morgan fingerprint density at radius 2 is 1.87 bits per heavy atom. The third kappa shape index (κ3) is 3.62. The van der Waals surface area contributed by atoms with Crippen molar-refractivity contribution in [1.29, 1.82) is 0 Å². The van der Waals surface area contributed by atoms with Gasteiger partial charge in [0.15, 0.2) is 11.3 Å². The number of hydrogen-bond acceptors (Lipinski definition) is 5. The Balaban J connectivity index is 1.77. The molecule has 0 atom stereocenters. The Morgan fingerprint density at radius 1 is 1.10 bits per heavy atom. The van der Waals surface area contributed by atoms with Gasteiger partial charge in [-0.2, -0.15) is 0 Å². The molecule has 0 saturated heterocycles. The molecule has 150 valence electrons. The third-order valence-electron chi connectivity index (χ3n) is 4.56. The number of carbonyl (C=O) groups is 1. The van der Waals surface area contributed by atoms with Crippen molar-refractivity contribution >= 4 is 17.1 Å². The van der Waals surface area contributed by atoms with Crippen LogP contribution in [0.3, 0.4) is 0 Å². The zero-order chi connectivity index (χ0) is 21.1. The summed E-state index contributed by atoms with van der Waals surface area (Å²) in [5, 5.41) is 2.56. The first-order valence-corrected chi connectivity index (χ1v) is 9.12. The number of pyridine rings is 1. The smallest absolute Gasteiger partial charge is 0.288 e. The van der Waals surface area contributed by atoms with Crippen LogP contribution >= 0.6 is 0 Å². The lowest BCUT2D eigenvalue weighted by molar-refractivity contribution is 0.0944. The lowest BCUT2D eigenvalue weighted by Crippen LogP contribution is -2.34. The van der Waals surface area contributed by atoms with Crippen molar-refractivity contribution in [1.82, 2.24) is 19.9 Å². The highest BCUT2D eigenvalue weighted by Gasteiger charge is 2.19. The molecule has 0 aliphatic heterocycles. The van der Waals surface area contributed by atoms with E-state index in [2.05, 4.69) is 15.3 Å². The summed E-state index contributed by atoms with van der Waals surface area (Å²) in [5.41, 5.74) is 0.584. The van der Waals surface area contributed by atoms with Crippen LogP contribution < -0.4 is 15.6 Å². The normalized spacial score (nSPS) is 10.7. The molecule has 1 amide bonds. The molecule has 4 rings (SSSR count). The number of aromatic nitrogens is 3. The SMILES string of the molecule is COc1ccc(-n2c(=O)c(C(=O)NCc3ccccc3F)nc3cccnc32)cc1. The van der Waals surface area contributed by atoms with Gasteiger partial charge in [0, 0.05) is 18.3 Å². The fraction of sp³-hybridized carbons (Fsp3) is 0.0909. The minimum absolute atomic E-state index is 0.0692. The maximum atomic E-state index is 13.8. The lowest BCUT2D eigenvalue weighted by Gasteiger charge is -2.12. The van der Waals surface area contributed by atoms with E-state index in [-0.39, 0.29) is 12.2 Å². The molecule has 0 unspecified atom stereocenters. The average molecular weight is 404 g/mol. The van der Waals surface area contributed by atoms with Crippen molar-refractivity contribution in [3.63, 3.8) is 0 Å². The van der Waals surface area contributed by atoms with E-state index in [1.165, 1.54) is 10.6 Å². The predicted octanol–water partition coefficient (Wildman–Crippen LogP) is 2.86. The monoisotopic (exact) mass is 404 g/mol. The number of ether oxygens (including phenoxy) is 1. The van der Waals surface area contributed by atoms with Crippen LogP contribution in [0.25, 0.3) is 16.9 Å². The van der Waals surface area contributed by atoms with E-state index >= 15 is 0 Å². The number of hydrogen-bond donors (Lipinski definition) is 1. The predicted molar refractivity (Wildman–Crippen MR) is 109 cm³/mol. The molecule has 0 bridgehead atoms. The maximum absolute atomic E-state index is 13.8. The fourth-order valence-electron chi connectivity index (χ4n) is 3.04. The number of rotatable bonds is 5. The highest BCUT2D eigenvalue weighted by Crippen LogP contribution is 2.17. The van der Waals surface area contributed by atoms with Gasteiger partial charge >= 0.3 is 0 Å². The van der Waals surface area contributed by atoms with Gasteiger partial charge in [-0.25, -0.2) is 14.4 Å². The molecule has 0 aliphatic rings. The number of nitrogens with one attached hydrogen (secondary N) is 1. The van der Waals surface area contributed by atoms with Gasteiger partial charge in [0.1, 0.15) is 17.1 Å². The fourth-order valence-corrected chi connectivity index (χ4v) is 3.04. The molecular formula is C22H17FN4O3. The van der Waals surface area contributed by atoms with Crippen molar-refractivity contribution in [3.05, 3.63) is 94.3 Å². The van der Waals surface area contributed by atoms with Crippen LogP contribution in [0.4, 0.5) is 4.39 Å². The van der Waals surface area contributed by atoms with E-state index in [4.69, 9.17) is 4.74 Å². The summed E-state index contributed by atoms with van der Waals surface area (Å²) in [7, 11) is 1.54. The van der Waals surface area contributed by atoms with E-state index in [0.717, 1.165) is 0 Å². The van der Waals surface area contributed by atoms with Gasteiger partial charge < -0.3 is 10.1 Å². The second kappa shape index (κ2) is 8.12. The molecule has 2 heterocycles. The molecule has 1 N–H and O–H groups in total. The Hall–Kier alpha value is -4.07. The van der Waals surface area contributed by atoms with Crippen LogP contribution in [0.2, 0.25) is 0 Å². The summed E-state index contributed by atoms with van der Waals surface area (Å²) in [6.45, 7) is -0.0692. The van der Waals surface area contributed by atoms with E-state index in [1.807, 2.05) is 0 Å². The first-order chi connectivity index (χ1) is 14.6. The van der Waals surface area contributed by atoms with E-state index in [0.29, 0.717) is 28.2 Å². The highest BCUT2D eigenvalue weighted by molar-refractivity contribution is 5.93. The average Bonchev–Trinajstić information content (AvgIpc) is 2.78. The minimum atomic E-state index is -0.698. The number of methoxy groups -OCH3 is 1. The Kier molecular flexibility index (Phi) is 5.21. The van der Waals surface area contributed by atoms with E-state index < -0.39 is 17.3 Å². The Bertz CT molecular complexity index is 1290. The summed E-state index contributed by atoms with van der Waals surface area (Å²) in [6.07, 6.45) is 1.54. The molecular weight excluding hydrogens is 387 g/mol. The van der Waals surface area contributed by atoms with Gasteiger partial charge in [-0.3, -0.25) is 14.2 Å². The van der Waals surface area contributed by atoms with Gasteiger partial charge in [0.05, 0.1) is 12.8 Å². The molecule has 4 aromatic rings. The van der Waals surface area contributed by atoms with Crippen molar-refractivity contribution in [2.45, 2.75) is 6.54 Å². The van der Waals surface area contributed by atoms with Crippen molar-refractivity contribution in [2.75, 3.05) is 7.11 Å². The van der Waals surface area contributed by atoms with Crippen LogP contribution in [-0.4, -0.2) is 27.6 Å². The molecule has 2 aromatic heterocycles. The first-order valence-electron chi connectivity index (χ1n) is 9.12. The maximum Gasteiger partial charge on any atom is 0.288 e. The number of halogens is 1. The molecule has 8 heteroatoms. The summed E-state index contributed by atoms with van der Waals surface area (Å²) in [6, 6.07) is 16.2. The largest absolute Gasteiger partial charge is 0.497 e. The minimum Gasteiger partial charge on any atom is -0.497 e. The third-order valence-corrected chi connectivity index (χ3v) is 4.56. The quantitative estimate of drug-likeness (QED) is 0.553. The van der Waals surface area contributed by atoms with Crippen LogP contribution in [0.1, 0.15) is 16.1 Å². The molecule has 0 fully saturated rings. The molecule has 0 aliphatic carbocycles. The zero-order valence-electron chi connectivity index (χ0n) is 16.0. The number of amides is 1. The molecule has 0 saturated carbocycles. The number of benzene rings is 2. The Morgan fingerprint density at radius 3 is 2.60 bits per heavy atom. The molecule has 0 spiro atoms. The summed E-state index contributed by atoms with van der Waals surface area (Å²) < 4.78 is 20.3. The second-order valence-corrected chi connectivity index (χ2v) is 6.42. The molecule has 30 heavy (non-hydrogen) atoms. The number of carbonyl (C=O) groups excluding carboxylic acids is 1. The standard InChI is InChI=1S/C22H17FN4O3/c1-30-16-10-8-15(9-11-16)27-20-18(7-4-12-24-20)26-19(22(27)29)21(28)25-13-14-5-2-3-6-17(14)23/h2-12H,13H2,1H3,(H,25,28). The summed E-state index contributed by atoms with van der Waals surface area (Å²) in [5.74, 6) is -0.513. The van der Waals surface area contributed by atoms with Gasteiger partial charge in [-0.05, 0) is 42.5 Å². The summed E-state index contributed by atoms with van der Waals surface area (Å²) >= 11 is 0. The summed E-state index contributed by atoms with van der Waals surface area (Å²) in [4.78, 5) is 34.3. The van der Waals surface area contributed by atoms with Gasteiger partial charge in [-0.1, -0.05) is 18.2 Å². The van der Waals surface area contributed by atoms with Crippen LogP contribution in [0.15, 0.2) is 71.7 Å². The van der Waals surface area contributed by atoms with Gasteiger partial charge in [0.2, 0.25) is 0 Å². The van der Waals surface area contributed by atoms with Crippen LogP contribution in [0, 0.1) is 5.82 Å². The molecule has 2 aromatic carbocycles. The molecule has 0 radical (unpaired) electrons. The van der Waals surface area contributed by atoms with E-state index in [9.17, 15) is 14.0 Å². The topological polar surface area (TPSA) is 86.1 Å². The van der Waals surface area contributed by atoms with Crippen molar-refractivity contribution in [2.24, 2.45) is 0 Å². The van der Waals surface area contributed by atoms with Crippen LogP contribution in [-0.2, 0) is 6.54 Å². The Labute approximate surface area is 170 Å². The molecule has 7 nitrogen and oxygen atoms in total. The lowest BCUT2D eigenvalue weighted by atomic mass is 10.2. The van der Waals surface area contributed by atoms with Gasteiger partial charge in [0.25, 0.3) is 11.5 Å². The number of nitrogens with zero attached hydrogens (tertiary/aromatic N) is 3. The van der Waals surface area contributed by atoms with Crippen molar-refractivity contribution in [3.8, 4) is 11.4 Å². The zero-order valence-corrected chi connectivity index (χ0v) is 16.0. The highest BCUT2D eigenvalue weighted by atomic mass is 19.1. The first kappa shape index (κ1) is 19.3. The second-order valence-electron chi connectivity index (χ2n) is 6.42. The van der Waals surface area contributed by atoms with Gasteiger partial charge in [-0.15, -0.1) is 0 Å². The number of fused-ring (bicyclic) bond motifs is 1.